The smallest absolute Gasteiger partial charge is 0.151 e. The molecule has 0 heterocycles. The molecule has 102 valence electrons. The summed E-state index contributed by atoms with van der Waals surface area (Å²) < 4.78 is 15.6. The standard InChI is InChI=1S/C15H11Br2FN2/c1-15(9-19,13-8-11(17)5-6-14(13)18)20-12-4-2-3-10(16)7-12/h2-8,20H,1H3. The first-order valence-corrected chi connectivity index (χ1v) is 7.44. The van der Waals surface area contributed by atoms with Crippen LogP contribution < -0.4 is 5.32 Å². The average molecular weight is 398 g/mol. The van der Waals surface area contributed by atoms with Crippen molar-refractivity contribution in [2.24, 2.45) is 0 Å². The average Bonchev–Trinajstić information content (AvgIpc) is 2.41. The van der Waals surface area contributed by atoms with Crippen molar-refractivity contribution in [3.8, 4) is 6.07 Å². The van der Waals surface area contributed by atoms with Gasteiger partial charge in [0.2, 0.25) is 0 Å². The lowest BCUT2D eigenvalue weighted by Gasteiger charge is -2.25. The summed E-state index contributed by atoms with van der Waals surface area (Å²) in [6.07, 6.45) is 0. The van der Waals surface area contributed by atoms with Crippen LogP contribution in [0.5, 0.6) is 0 Å². The number of nitrogens with one attached hydrogen (secondary N) is 1. The number of hydrogen-bond acceptors (Lipinski definition) is 2. The molecule has 0 saturated heterocycles. The van der Waals surface area contributed by atoms with E-state index < -0.39 is 11.4 Å². The van der Waals surface area contributed by atoms with Crippen LogP contribution >= 0.6 is 31.9 Å². The van der Waals surface area contributed by atoms with Crippen molar-refractivity contribution < 1.29 is 4.39 Å². The molecule has 2 nitrogen and oxygen atoms in total. The lowest BCUT2D eigenvalue weighted by molar-refractivity contribution is 0.570. The molecule has 0 aromatic heterocycles. The normalized spacial score (nSPS) is 13.3. The van der Waals surface area contributed by atoms with Crippen molar-refractivity contribution in [3.63, 3.8) is 0 Å². The molecule has 1 atom stereocenters. The second-order valence-electron chi connectivity index (χ2n) is 4.50. The molecule has 0 amide bonds. The lowest BCUT2D eigenvalue weighted by Crippen LogP contribution is -2.31. The van der Waals surface area contributed by atoms with Crippen LogP contribution in [0.15, 0.2) is 51.4 Å². The second kappa shape index (κ2) is 5.94. The Labute approximate surface area is 133 Å². The van der Waals surface area contributed by atoms with Gasteiger partial charge in [-0.05, 0) is 43.3 Å². The fourth-order valence-electron chi connectivity index (χ4n) is 1.89. The molecule has 2 rings (SSSR count). The van der Waals surface area contributed by atoms with Crippen LogP contribution in [0.2, 0.25) is 0 Å². The number of halogens is 3. The second-order valence-corrected chi connectivity index (χ2v) is 6.33. The van der Waals surface area contributed by atoms with Crippen LogP contribution in [0.25, 0.3) is 0 Å². The fraction of sp³-hybridized carbons (Fsp3) is 0.133. The minimum absolute atomic E-state index is 0.300. The van der Waals surface area contributed by atoms with Gasteiger partial charge >= 0.3 is 0 Å². The highest BCUT2D eigenvalue weighted by atomic mass is 79.9. The van der Waals surface area contributed by atoms with Gasteiger partial charge in [-0.25, -0.2) is 4.39 Å². The predicted octanol–water partition coefficient (Wildman–Crippen LogP) is 5.20. The summed E-state index contributed by atoms with van der Waals surface area (Å²) in [6.45, 7) is 1.65. The number of benzene rings is 2. The summed E-state index contributed by atoms with van der Waals surface area (Å²) in [5.74, 6) is -0.417. The molecule has 1 unspecified atom stereocenters. The Kier molecular flexibility index (Phi) is 4.46. The highest BCUT2D eigenvalue weighted by Crippen LogP contribution is 2.30. The maximum absolute atomic E-state index is 14.0. The van der Waals surface area contributed by atoms with Crippen LogP contribution in [0.1, 0.15) is 12.5 Å². The summed E-state index contributed by atoms with van der Waals surface area (Å²) >= 11 is 6.67. The zero-order valence-electron chi connectivity index (χ0n) is 10.6. The van der Waals surface area contributed by atoms with Crippen molar-refractivity contribution in [2.45, 2.75) is 12.5 Å². The van der Waals surface area contributed by atoms with Gasteiger partial charge in [0.05, 0.1) is 6.07 Å². The monoisotopic (exact) mass is 396 g/mol. The van der Waals surface area contributed by atoms with Gasteiger partial charge in [-0.1, -0.05) is 37.9 Å². The largest absolute Gasteiger partial charge is 0.364 e. The van der Waals surface area contributed by atoms with E-state index in [1.165, 1.54) is 6.07 Å². The Morgan fingerprint density at radius 1 is 1.15 bits per heavy atom. The van der Waals surface area contributed by atoms with E-state index in [0.717, 1.165) is 14.6 Å². The summed E-state index contributed by atoms with van der Waals surface area (Å²) in [4.78, 5) is 0. The van der Waals surface area contributed by atoms with E-state index in [9.17, 15) is 9.65 Å². The first-order chi connectivity index (χ1) is 9.44. The van der Waals surface area contributed by atoms with Crippen molar-refractivity contribution in [3.05, 3.63) is 62.8 Å². The molecule has 0 aliphatic rings. The van der Waals surface area contributed by atoms with Crippen molar-refractivity contribution in [1.82, 2.24) is 0 Å². The number of hydrogen-bond donors (Lipinski definition) is 1. The van der Waals surface area contributed by atoms with Gasteiger partial charge in [0.25, 0.3) is 0 Å². The van der Waals surface area contributed by atoms with Gasteiger partial charge in [0.15, 0.2) is 5.54 Å². The maximum atomic E-state index is 14.0. The molecule has 20 heavy (non-hydrogen) atoms. The Morgan fingerprint density at radius 2 is 1.85 bits per heavy atom. The zero-order chi connectivity index (χ0) is 14.8. The van der Waals surface area contributed by atoms with Gasteiger partial charge < -0.3 is 5.32 Å². The zero-order valence-corrected chi connectivity index (χ0v) is 13.8. The summed E-state index contributed by atoms with van der Waals surface area (Å²) in [5.41, 5.74) is -0.119. The van der Waals surface area contributed by atoms with E-state index in [0.29, 0.717) is 5.56 Å². The first kappa shape index (κ1) is 15.0. The molecule has 0 radical (unpaired) electrons. The SMILES string of the molecule is CC(C#N)(Nc1cccc(Br)c1)c1cc(Br)ccc1F. The van der Waals surface area contributed by atoms with E-state index >= 15 is 0 Å². The molecular formula is C15H11Br2FN2. The number of nitriles is 1. The van der Waals surface area contributed by atoms with Gasteiger partial charge in [-0.2, -0.15) is 5.26 Å². The Balaban J connectivity index is 2.44. The molecule has 0 bridgehead atoms. The molecule has 0 spiro atoms. The molecule has 2 aromatic rings. The molecular weight excluding hydrogens is 387 g/mol. The van der Waals surface area contributed by atoms with Gasteiger partial charge in [0.1, 0.15) is 5.82 Å². The molecule has 0 aliphatic heterocycles. The highest BCUT2D eigenvalue weighted by Gasteiger charge is 2.29. The minimum Gasteiger partial charge on any atom is -0.364 e. The lowest BCUT2D eigenvalue weighted by atomic mass is 9.92. The molecule has 0 saturated carbocycles. The summed E-state index contributed by atoms with van der Waals surface area (Å²) in [6, 6.07) is 14.1. The number of rotatable bonds is 3. The molecule has 2 aromatic carbocycles. The van der Waals surface area contributed by atoms with Gasteiger partial charge in [0, 0.05) is 20.2 Å². The number of anilines is 1. The Morgan fingerprint density at radius 3 is 2.50 bits per heavy atom. The van der Waals surface area contributed by atoms with E-state index in [-0.39, 0.29) is 0 Å². The summed E-state index contributed by atoms with van der Waals surface area (Å²) in [5, 5.41) is 12.6. The van der Waals surface area contributed by atoms with Crippen molar-refractivity contribution in [2.75, 3.05) is 5.32 Å². The summed E-state index contributed by atoms with van der Waals surface area (Å²) in [7, 11) is 0. The Bertz CT molecular complexity index is 682. The molecule has 0 aliphatic carbocycles. The number of nitrogens with zero attached hydrogens (tertiary/aromatic N) is 1. The molecule has 0 fully saturated rings. The van der Waals surface area contributed by atoms with E-state index in [4.69, 9.17) is 0 Å². The van der Waals surface area contributed by atoms with Gasteiger partial charge in [-0.15, -0.1) is 0 Å². The van der Waals surface area contributed by atoms with Crippen molar-refractivity contribution >= 4 is 37.5 Å². The van der Waals surface area contributed by atoms with Crippen LogP contribution in [0.3, 0.4) is 0 Å². The van der Waals surface area contributed by atoms with Crippen LogP contribution in [0.4, 0.5) is 10.1 Å². The fourth-order valence-corrected chi connectivity index (χ4v) is 2.65. The third-order valence-corrected chi connectivity index (χ3v) is 3.90. The highest BCUT2D eigenvalue weighted by molar-refractivity contribution is 9.10. The molecule has 1 N–H and O–H groups in total. The van der Waals surface area contributed by atoms with Gasteiger partial charge in [-0.3, -0.25) is 0 Å². The maximum Gasteiger partial charge on any atom is 0.151 e. The first-order valence-electron chi connectivity index (χ1n) is 5.85. The predicted molar refractivity (Wildman–Crippen MR) is 84.8 cm³/mol. The Hall–Kier alpha value is -1.38. The van der Waals surface area contributed by atoms with Crippen molar-refractivity contribution in [1.29, 1.82) is 5.26 Å². The molecule has 5 heteroatoms. The third-order valence-electron chi connectivity index (χ3n) is 2.91. The topological polar surface area (TPSA) is 35.8 Å². The van der Waals surface area contributed by atoms with Crippen LogP contribution in [-0.2, 0) is 5.54 Å². The minimum atomic E-state index is -1.16. The third kappa shape index (κ3) is 3.20. The van der Waals surface area contributed by atoms with Crippen LogP contribution in [0, 0.1) is 17.1 Å². The van der Waals surface area contributed by atoms with E-state index in [2.05, 4.69) is 43.2 Å². The quantitative estimate of drug-likeness (QED) is 0.772. The van der Waals surface area contributed by atoms with Crippen LogP contribution in [-0.4, -0.2) is 0 Å². The van der Waals surface area contributed by atoms with E-state index in [1.54, 1.807) is 19.1 Å². The van der Waals surface area contributed by atoms with E-state index in [1.807, 2.05) is 24.3 Å².